The van der Waals surface area contributed by atoms with Crippen LogP contribution in [0.5, 0.6) is 5.75 Å². The van der Waals surface area contributed by atoms with E-state index in [0.29, 0.717) is 6.42 Å². The number of hydrogen-bond acceptors (Lipinski definition) is 4. The Balaban J connectivity index is 1.93. The Morgan fingerprint density at radius 1 is 1.33 bits per heavy atom. The van der Waals surface area contributed by atoms with Crippen LogP contribution in [0.25, 0.3) is 0 Å². The summed E-state index contributed by atoms with van der Waals surface area (Å²) < 4.78 is 10.8. The second-order valence-electron chi connectivity index (χ2n) is 6.21. The second kappa shape index (κ2) is 6.94. The largest absolute Gasteiger partial charge is 0.486 e. The molecule has 0 radical (unpaired) electrons. The zero-order chi connectivity index (χ0) is 15.3. The van der Waals surface area contributed by atoms with Crippen LogP contribution in [-0.4, -0.2) is 36.7 Å². The van der Waals surface area contributed by atoms with Gasteiger partial charge in [0.25, 0.3) is 0 Å². The predicted octanol–water partition coefficient (Wildman–Crippen LogP) is 3.00. The van der Waals surface area contributed by atoms with E-state index in [-0.39, 0.29) is 11.6 Å². The van der Waals surface area contributed by atoms with E-state index in [1.54, 1.807) is 0 Å². The van der Waals surface area contributed by atoms with E-state index in [0.717, 1.165) is 38.2 Å². The predicted molar refractivity (Wildman–Crippen MR) is 82.3 cm³/mol. The topological polar surface area (TPSA) is 38.8 Å². The number of benzene rings is 1. The number of methoxy groups -OCH3 is 1. The minimum atomic E-state index is -0.199. The molecule has 21 heavy (non-hydrogen) atoms. The zero-order valence-corrected chi connectivity index (χ0v) is 13.2. The van der Waals surface area contributed by atoms with E-state index in [1.165, 1.54) is 12.7 Å². The molecule has 0 bridgehead atoms. The molecule has 0 fully saturated rings. The number of unbranched alkanes of at least 4 members (excludes halogenated alkanes) is 1. The van der Waals surface area contributed by atoms with E-state index in [9.17, 15) is 4.79 Å². The highest BCUT2D eigenvalue weighted by atomic mass is 16.5. The lowest BCUT2D eigenvalue weighted by Gasteiger charge is -2.29. The maximum absolute atomic E-state index is 11.1. The maximum Gasteiger partial charge on any atom is 0.305 e. The summed E-state index contributed by atoms with van der Waals surface area (Å²) in [6.45, 7) is 7.00. The summed E-state index contributed by atoms with van der Waals surface area (Å²) >= 11 is 0. The van der Waals surface area contributed by atoms with Gasteiger partial charge in [0.15, 0.2) is 0 Å². The van der Waals surface area contributed by atoms with Crippen molar-refractivity contribution < 1.29 is 14.3 Å². The molecule has 1 aromatic carbocycles. The summed E-state index contributed by atoms with van der Waals surface area (Å²) in [6.07, 6.45) is 2.36. The first-order valence-electron chi connectivity index (χ1n) is 7.56. The molecule has 0 amide bonds. The van der Waals surface area contributed by atoms with Crippen molar-refractivity contribution in [2.75, 3.05) is 20.2 Å². The van der Waals surface area contributed by atoms with Gasteiger partial charge in [-0.3, -0.25) is 9.69 Å². The summed E-state index contributed by atoms with van der Waals surface area (Å²) in [5.74, 6) is 0.861. The number of hydrogen-bond donors (Lipinski definition) is 0. The molecule has 0 unspecified atom stereocenters. The third-order valence-electron chi connectivity index (χ3n) is 3.69. The summed E-state index contributed by atoms with van der Waals surface area (Å²) in [5, 5.41) is 0. The molecule has 0 saturated heterocycles. The van der Waals surface area contributed by atoms with Gasteiger partial charge in [0.05, 0.1) is 7.11 Å². The number of nitrogens with zero attached hydrogens (tertiary/aromatic N) is 1. The Kier molecular flexibility index (Phi) is 5.23. The number of esters is 1. The molecule has 4 heteroatoms. The molecule has 116 valence electrons. The first kappa shape index (κ1) is 15.8. The molecule has 0 N–H and O–H groups in total. The van der Waals surface area contributed by atoms with Crippen molar-refractivity contribution >= 4 is 5.97 Å². The van der Waals surface area contributed by atoms with E-state index >= 15 is 0 Å². The van der Waals surface area contributed by atoms with E-state index in [1.807, 2.05) is 12.1 Å². The van der Waals surface area contributed by atoms with Gasteiger partial charge in [0.1, 0.15) is 11.4 Å². The van der Waals surface area contributed by atoms with Crippen molar-refractivity contribution in [3.63, 3.8) is 0 Å². The number of carbonyl (C=O) groups is 1. The highest BCUT2D eigenvalue weighted by Gasteiger charge is 2.28. The molecular weight excluding hydrogens is 266 g/mol. The maximum atomic E-state index is 11.1. The SMILES string of the molecule is COC(=O)CCCCN1Cc2ccccc2OC(C)(C)C1. The quantitative estimate of drug-likeness (QED) is 0.617. The van der Waals surface area contributed by atoms with Crippen LogP contribution in [0, 0.1) is 0 Å². The minimum Gasteiger partial charge on any atom is -0.486 e. The van der Waals surface area contributed by atoms with E-state index < -0.39 is 0 Å². The summed E-state index contributed by atoms with van der Waals surface area (Å²) in [5.41, 5.74) is 1.03. The van der Waals surface area contributed by atoms with Crippen LogP contribution in [0.1, 0.15) is 38.7 Å². The lowest BCUT2D eigenvalue weighted by atomic mass is 10.1. The first-order chi connectivity index (χ1) is 10.00. The van der Waals surface area contributed by atoms with E-state index in [2.05, 4.69) is 35.6 Å². The van der Waals surface area contributed by atoms with Crippen LogP contribution in [0.3, 0.4) is 0 Å². The fraction of sp³-hybridized carbons (Fsp3) is 0.588. The van der Waals surface area contributed by atoms with Gasteiger partial charge in [-0.1, -0.05) is 18.2 Å². The monoisotopic (exact) mass is 291 g/mol. The molecule has 1 aliphatic heterocycles. The molecular formula is C17H25NO3. The molecule has 2 rings (SSSR count). The average Bonchev–Trinajstić information content (AvgIpc) is 2.57. The van der Waals surface area contributed by atoms with Gasteiger partial charge in [0.2, 0.25) is 0 Å². The van der Waals surface area contributed by atoms with Gasteiger partial charge in [0, 0.05) is 25.1 Å². The Bertz CT molecular complexity index is 485. The Hall–Kier alpha value is -1.55. The van der Waals surface area contributed by atoms with E-state index in [4.69, 9.17) is 4.74 Å². The fourth-order valence-corrected chi connectivity index (χ4v) is 2.76. The highest BCUT2D eigenvalue weighted by Crippen LogP contribution is 2.29. The smallest absolute Gasteiger partial charge is 0.305 e. The second-order valence-corrected chi connectivity index (χ2v) is 6.21. The molecule has 1 aromatic rings. The number of carbonyl (C=O) groups excluding carboxylic acids is 1. The Labute approximate surface area is 127 Å². The fourth-order valence-electron chi connectivity index (χ4n) is 2.76. The molecule has 0 spiro atoms. The minimum absolute atomic E-state index is 0.125. The van der Waals surface area contributed by atoms with Crippen molar-refractivity contribution in [3.05, 3.63) is 29.8 Å². The first-order valence-corrected chi connectivity index (χ1v) is 7.56. The van der Waals surface area contributed by atoms with Crippen LogP contribution in [0.2, 0.25) is 0 Å². The molecule has 1 aliphatic rings. The normalized spacial score (nSPS) is 17.5. The molecule has 1 heterocycles. The summed E-state index contributed by atoms with van der Waals surface area (Å²) in [6, 6.07) is 8.23. The number of rotatable bonds is 5. The molecule has 0 aromatic heterocycles. The van der Waals surface area contributed by atoms with Gasteiger partial charge < -0.3 is 9.47 Å². The summed E-state index contributed by atoms with van der Waals surface area (Å²) in [7, 11) is 1.44. The highest BCUT2D eigenvalue weighted by molar-refractivity contribution is 5.68. The van der Waals surface area contributed by atoms with Gasteiger partial charge in [-0.2, -0.15) is 0 Å². The van der Waals surface area contributed by atoms with Gasteiger partial charge >= 0.3 is 5.97 Å². The average molecular weight is 291 g/mol. The van der Waals surface area contributed by atoms with Crippen LogP contribution >= 0.6 is 0 Å². The van der Waals surface area contributed by atoms with Gasteiger partial charge in [-0.15, -0.1) is 0 Å². The summed E-state index contributed by atoms with van der Waals surface area (Å²) in [4.78, 5) is 13.5. The molecule has 0 aliphatic carbocycles. The number of ether oxygens (including phenoxy) is 2. The van der Waals surface area contributed by atoms with Crippen molar-refractivity contribution in [1.82, 2.24) is 4.90 Å². The number of fused-ring (bicyclic) bond motifs is 1. The van der Waals surface area contributed by atoms with Crippen LogP contribution in [0.4, 0.5) is 0 Å². The van der Waals surface area contributed by atoms with Crippen LogP contribution in [-0.2, 0) is 16.1 Å². The Morgan fingerprint density at radius 2 is 2.10 bits per heavy atom. The molecule has 4 nitrogen and oxygen atoms in total. The van der Waals surface area contributed by atoms with Crippen molar-refractivity contribution in [1.29, 1.82) is 0 Å². The van der Waals surface area contributed by atoms with Crippen molar-refractivity contribution in [2.45, 2.75) is 45.3 Å². The van der Waals surface area contributed by atoms with Gasteiger partial charge in [-0.25, -0.2) is 0 Å². The Morgan fingerprint density at radius 3 is 2.86 bits per heavy atom. The number of para-hydroxylation sites is 1. The standard InChI is InChI=1S/C17H25NO3/c1-17(2)13-18(11-7-6-10-16(19)20-3)12-14-8-4-5-9-15(14)21-17/h4-5,8-9H,6-7,10-13H2,1-3H3. The molecule has 0 atom stereocenters. The zero-order valence-electron chi connectivity index (χ0n) is 13.2. The molecule has 0 saturated carbocycles. The lowest BCUT2D eigenvalue weighted by Crippen LogP contribution is -2.40. The third kappa shape index (κ3) is 4.74. The third-order valence-corrected chi connectivity index (χ3v) is 3.69. The van der Waals surface area contributed by atoms with Crippen molar-refractivity contribution in [2.24, 2.45) is 0 Å². The lowest BCUT2D eigenvalue weighted by molar-refractivity contribution is -0.140. The van der Waals surface area contributed by atoms with Gasteiger partial charge in [-0.05, 0) is 39.3 Å². The van der Waals surface area contributed by atoms with Crippen LogP contribution < -0.4 is 4.74 Å². The van der Waals surface area contributed by atoms with Crippen LogP contribution in [0.15, 0.2) is 24.3 Å². The van der Waals surface area contributed by atoms with Crippen molar-refractivity contribution in [3.8, 4) is 5.75 Å².